The highest BCUT2D eigenvalue weighted by Crippen LogP contribution is 2.38. The van der Waals surface area contributed by atoms with Gasteiger partial charge >= 0.3 is 0 Å². The van der Waals surface area contributed by atoms with E-state index in [0.717, 1.165) is 31.0 Å². The van der Waals surface area contributed by atoms with Gasteiger partial charge in [-0.2, -0.15) is 5.10 Å². The van der Waals surface area contributed by atoms with Crippen LogP contribution in [0.25, 0.3) is 0 Å². The second-order valence-electron chi connectivity index (χ2n) is 6.05. The number of nitrogens with zero attached hydrogens (tertiary/aromatic N) is 3. The molecular weight excluding hydrogens is 320 g/mol. The van der Waals surface area contributed by atoms with Gasteiger partial charge in [-0.3, -0.25) is 9.89 Å². The van der Waals surface area contributed by atoms with Gasteiger partial charge in [-0.05, 0) is 37.8 Å². The molecule has 2 fully saturated rings. The normalized spacial score (nSPS) is 22.0. The third-order valence-corrected chi connectivity index (χ3v) is 5.56. The lowest BCUT2D eigenvalue weighted by Crippen LogP contribution is -2.39. The third-order valence-electron chi connectivity index (χ3n) is 4.34. The topological polar surface area (TPSA) is 61.9 Å². The molecule has 5 nitrogen and oxygen atoms in total. The number of carbonyl (C=O) groups excluding carboxylic acids is 1. The van der Waals surface area contributed by atoms with Gasteiger partial charge < -0.3 is 4.90 Å². The Bertz CT molecular complexity index is 693. The molecule has 7 heteroatoms. The highest BCUT2D eigenvalue weighted by Gasteiger charge is 2.31. The van der Waals surface area contributed by atoms with Gasteiger partial charge in [-0.15, -0.1) is 11.3 Å². The van der Waals surface area contributed by atoms with E-state index in [4.69, 9.17) is 11.6 Å². The van der Waals surface area contributed by atoms with Crippen molar-refractivity contribution in [1.82, 2.24) is 20.1 Å². The van der Waals surface area contributed by atoms with E-state index in [-0.39, 0.29) is 11.8 Å². The molecule has 0 aromatic carbocycles. The van der Waals surface area contributed by atoms with Gasteiger partial charge in [0.2, 0.25) is 0 Å². The molecule has 2 aromatic rings. The van der Waals surface area contributed by atoms with E-state index >= 15 is 0 Å². The zero-order valence-electron chi connectivity index (χ0n) is 12.1. The molecule has 1 aliphatic carbocycles. The van der Waals surface area contributed by atoms with Crippen molar-refractivity contribution < 1.29 is 4.79 Å². The monoisotopic (exact) mass is 336 g/mol. The molecule has 22 heavy (non-hydrogen) atoms. The SMILES string of the molecule is O=C(c1ccc(Cl)s1)N1CCC[C@H](c2n[nH]c(C3CC3)n2)C1. The lowest BCUT2D eigenvalue weighted by Gasteiger charge is -2.31. The number of hydrogen-bond acceptors (Lipinski definition) is 4. The van der Waals surface area contributed by atoms with E-state index in [1.165, 1.54) is 24.2 Å². The summed E-state index contributed by atoms with van der Waals surface area (Å²) in [4.78, 5) is 19.8. The minimum absolute atomic E-state index is 0.0690. The van der Waals surface area contributed by atoms with Gasteiger partial charge in [0, 0.05) is 24.9 Å². The van der Waals surface area contributed by atoms with Crippen molar-refractivity contribution in [3.05, 3.63) is 33.0 Å². The third kappa shape index (κ3) is 2.77. The summed E-state index contributed by atoms with van der Waals surface area (Å²) < 4.78 is 0.653. The Morgan fingerprint density at radius 2 is 2.18 bits per heavy atom. The fourth-order valence-corrected chi connectivity index (χ4v) is 3.98. The number of likely N-dealkylation sites (tertiary alicyclic amines) is 1. The van der Waals surface area contributed by atoms with E-state index in [2.05, 4.69) is 15.2 Å². The van der Waals surface area contributed by atoms with Crippen molar-refractivity contribution in [3.8, 4) is 0 Å². The number of aromatic amines is 1. The molecule has 2 aromatic heterocycles. The van der Waals surface area contributed by atoms with Crippen LogP contribution >= 0.6 is 22.9 Å². The first kappa shape index (κ1) is 14.2. The fraction of sp³-hybridized carbons (Fsp3) is 0.533. The van der Waals surface area contributed by atoms with E-state index in [9.17, 15) is 4.79 Å². The second kappa shape index (κ2) is 5.66. The molecule has 3 heterocycles. The molecular formula is C15H17ClN4OS. The van der Waals surface area contributed by atoms with Crippen LogP contribution in [0.5, 0.6) is 0 Å². The highest BCUT2D eigenvalue weighted by atomic mass is 35.5. The maximum atomic E-state index is 12.5. The number of nitrogens with one attached hydrogen (secondary N) is 1. The first-order valence-corrected chi connectivity index (χ1v) is 8.87. The summed E-state index contributed by atoms with van der Waals surface area (Å²) in [5.74, 6) is 2.76. The van der Waals surface area contributed by atoms with Crippen LogP contribution in [0.3, 0.4) is 0 Å². The lowest BCUT2D eigenvalue weighted by molar-refractivity contribution is 0.0709. The van der Waals surface area contributed by atoms with Crippen LogP contribution in [0.1, 0.15) is 58.8 Å². The first-order chi connectivity index (χ1) is 10.7. The van der Waals surface area contributed by atoms with Crippen molar-refractivity contribution in [2.45, 2.75) is 37.5 Å². The molecule has 116 valence electrons. The molecule has 1 amide bonds. The Morgan fingerprint density at radius 3 is 2.91 bits per heavy atom. The van der Waals surface area contributed by atoms with Crippen LogP contribution in [-0.4, -0.2) is 39.1 Å². The van der Waals surface area contributed by atoms with Gasteiger partial charge in [0.15, 0.2) is 5.82 Å². The molecule has 0 spiro atoms. The number of hydrogen-bond donors (Lipinski definition) is 1. The van der Waals surface area contributed by atoms with Gasteiger partial charge in [0.05, 0.1) is 9.21 Å². The zero-order chi connectivity index (χ0) is 15.1. The van der Waals surface area contributed by atoms with E-state index in [1.54, 1.807) is 12.1 Å². The van der Waals surface area contributed by atoms with Crippen LogP contribution in [0, 0.1) is 0 Å². The number of H-pyrrole nitrogens is 1. The molecule has 2 aliphatic rings. The Kier molecular flexibility index (Phi) is 3.66. The summed E-state index contributed by atoms with van der Waals surface area (Å²) >= 11 is 7.27. The summed E-state index contributed by atoms with van der Waals surface area (Å²) in [6.45, 7) is 1.49. The van der Waals surface area contributed by atoms with E-state index in [0.29, 0.717) is 21.7 Å². The van der Waals surface area contributed by atoms with E-state index in [1.807, 2.05) is 4.90 Å². The molecule has 1 saturated carbocycles. The van der Waals surface area contributed by atoms with Gasteiger partial charge in [-0.1, -0.05) is 11.6 Å². The van der Waals surface area contributed by atoms with Gasteiger partial charge in [0.25, 0.3) is 5.91 Å². The molecule has 0 bridgehead atoms. The van der Waals surface area contributed by atoms with Crippen molar-refractivity contribution in [1.29, 1.82) is 0 Å². The van der Waals surface area contributed by atoms with Crippen molar-refractivity contribution in [2.24, 2.45) is 0 Å². The average Bonchev–Trinajstić information content (AvgIpc) is 3.10. The zero-order valence-corrected chi connectivity index (χ0v) is 13.7. The van der Waals surface area contributed by atoms with Crippen LogP contribution in [0.4, 0.5) is 0 Å². The Morgan fingerprint density at radius 1 is 1.32 bits per heavy atom. The molecule has 4 rings (SSSR count). The molecule has 0 unspecified atom stereocenters. The second-order valence-corrected chi connectivity index (χ2v) is 7.76. The van der Waals surface area contributed by atoms with Crippen LogP contribution < -0.4 is 0 Å². The Labute approximate surface area is 137 Å². The predicted octanol–water partition coefficient (Wildman–Crippen LogP) is 3.42. The fourth-order valence-electron chi connectivity index (χ4n) is 2.97. The first-order valence-electron chi connectivity index (χ1n) is 7.67. The molecule has 1 aliphatic heterocycles. The number of carbonyl (C=O) groups is 1. The summed E-state index contributed by atoms with van der Waals surface area (Å²) in [6.07, 6.45) is 4.45. The Balaban J connectivity index is 1.47. The molecule has 1 atom stereocenters. The average molecular weight is 337 g/mol. The van der Waals surface area contributed by atoms with Crippen LogP contribution in [-0.2, 0) is 0 Å². The number of thiophene rings is 1. The standard InChI is InChI=1S/C15H17ClN4OS/c16-12-6-5-11(22-12)15(21)20-7-1-2-10(8-20)14-17-13(18-19-14)9-3-4-9/h5-6,9-10H,1-4,7-8H2,(H,17,18,19)/t10-/m0/s1. The van der Waals surface area contributed by atoms with Crippen molar-refractivity contribution >= 4 is 28.8 Å². The maximum Gasteiger partial charge on any atom is 0.263 e. The van der Waals surface area contributed by atoms with E-state index < -0.39 is 0 Å². The number of aromatic nitrogens is 3. The number of piperidine rings is 1. The molecule has 1 saturated heterocycles. The number of halogens is 1. The van der Waals surface area contributed by atoms with Crippen LogP contribution in [0.2, 0.25) is 4.34 Å². The number of rotatable bonds is 3. The van der Waals surface area contributed by atoms with Crippen molar-refractivity contribution in [2.75, 3.05) is 13.1 Å². The molecule has 0 radical (unpaired) electrons. The lowest BCUT2D eigenvalue weighted by atomic mass is 9.97. The number of amides is 1. The minimum atomic E-state index is 0.0690. The largest absolute Gasteiger partial charge is 0.337 e. The van der Waals surface area contributed by atoms with Crippen molar-refractivity contribution in [3.63, 3.8) is 0 Å². The summed E-state index contributed by atoms with van der Waals surface area (Å²) in [7, 11) is 0. The Hall–Kier alpha value is -1.40. The van der Waals surface area contributed by atoms with Crippen LogP contribution in [0.15, 0.2) is 12.1 Å². The summed E-state index contributed by atoms with van der Waals surface area (Å²) in [5.41, 5.74) is 0. The maximum absolute atomic E-state index is 12.5. The summed E-state index contributed by atoms with van der Waals surface area (Å²) in [6, 6.07) is 3.58. The van der Waals surface area contributed by atoms with Gasteiger partial charge in [-0.25, -0.2) is 4.98 Å². The minimum Gasteiger partial charge on any atom is -0.337 e. The molecule has 1 N–H and O–H groups in total. The summed E-state index contributed by atoms with van der Waals surface area (Å²) in [5, 5.41) is 7.44. The highest BCUT2D eigenvalue weighted by molar-refractivity contribution is 7.17. The predicted molar refractivity (Wildman–Crippen MR) is 85.6 cm³/mol. The quantitative estimate of drug-likeness (QED) is 0.934. The smallest absolute Gasteiger partial charge is 0.263 e. The van der Waals surface area contributed by atoms with Gasteiger partial charge in [0.1, 0.15) is 5.82 Å².